The number of Topliss-reactive ketones (excluding diaryl/α,β-unsaturated/α-hetero) is 1. The van der Waals surface area contributed by atoms with Crippen molar-refractivity contribution in [1.82, 2.24) is 9.97 Å². The van der Waals surface area contributed by atoms with Gasteiger partial charge in [-0.1, -0.05) is 6.07 Å². The number of ether oxygens (including phenoxy) is 1. The Morgan fingerprint density at radius 2 is 1.90 bits per heavy atom. The molecule has 0 atom stereocenters. The topological polar surface area (TPSA) is 96.4 Å². The number of imidazole rings is 1. The minimum Gasteiger partial charge on any atom is -0.447 e. The number of carbonyl (C=O) groups is 2. The lowest BCUT2D eigenvalue weighted by atomic mass is 9.92. The number of anilines is 1. The zero-order valence-electron chi connectivity index (χ0n) is 15.5. The summed E-state index contributed by atoms with van der Waals surface area (Å²) < 4.78 is 32.4. The Hall–Kier alpha value is -3.62. The Bertz CT molecular complexity index is 1180. The van der Waals surface area contributed by atoms with Gasteiger partial charge in [0, 0.05) is 16.7 Å². The number of fused-ring (bicyclic) bond motifs is 2. The molecule has 0 aliphatic carbocycles. The van der Waals surface area contributed by atoms with E-state index in [0.29, 0.717) is 22.3 Å². The number of rotatable bonds is 3. The van der Waals surface area contributed by atoms with Crippen LogP contribution in [0.25, 0.3) is 11.0 Å². The van der Waals surface area contributed by atoms with Gasteiger partial charge in [-0.25, -0.2) is 18.6 Å². The quantitative estimate of drug-likeness (QED) is 0.701. The van der Waals surface area contributed by atoms with Crippen LogP contribution in [0.4, 0.5) is 19.5 Å². The molecule has 2 aromatic carbocycles. The summed E-state index contributed by atoms with van der Waals surface area (Å²) in [4.78, 5) is 35.2. The van der Waals surface area contributed by atoms with Gasteiger partial charge in [0.1, 0.15) is 6.54 Å². The summed E-state index contributed by atoms with van der Waals surface area (Å²) in [6.07, 6.45) is -0.913. The van der Waals surface area contributed by atoms with E-state index in [0.717, 1.165) is 12.1 Å². The number of benzene rings is 2. The van der Waals surface area contributed by atoms with Gasteiger partial charge in [-0.3, -0.25) is 15.1 Å². The highest BCUT2D eigenvalue weighted by molar-refractivity contribution is 6.22. The molecule has 29 heavy (non-hydrogen) atoms. The van der Waals surface area contributed by atoms with Gasteiger partial charge < -0.3 is 9.72 Å². The van der Waals surface area contributed by atoms with Crippen molar-refractivity contribution >= 4 is 34.6 Å². The van der Waals surface area contributed by atoms with Crippen LogP contribution in [0.1, 0.15) is 35.3 Å². The SMILES string of the molecule is CC(C)OC(=O)Nc1nc2ccc(C3=NCC(=O)c4cc(F)c(F)cc43)cc2[nH]1. The Morgan fingerprint density at radius 1 is 1.17 bits per heavy atom. The number of aromatic amines is 1. The predicted molar refractivity (Wildman–Crippen MR) is 103 cm³/mol. The first-order chi connectivity index (χ1) is 13.8. The summed E-state index contributed by atoms with van der Waals surface area (Å²) in [5.41, 5.74) is 2.47. The lowest BCUT2D eigenvalue weighted by Gasteiger charge is -2.16. The maximum Gasteiger partial charge on any atom is 0.414 e. The molecule has 0 bridgehead atoms. The smallest absolute Gasteiger partial charge is 0.414 e. The molecule has 7 nitrogen and oxygen atoms in total. The first-order valence-corrected chi connectivity index (χ1v) is 8.86. The van der Waals surface area contributed by atoms with Gasteiger partial charge in [0.25, 0.3) is 0 Å². The molecule has 2 N–H and O–H groups in total. The number of aromatic nitrogens is 2. The second-order valence-electron chi connectivity index (χ2n) is 6.80. The molecule has 2 heterocycles. The number of hydrogen-bond acceptors (Lipinski definition) is 5. The van der Waals surface area contributed by atoms with Crippen molar-refractivity contribution < 1.29 is 23.1 Å². The maximum atomic E-state index is 13.8. The molecule has 0 unspecified atom stereocenters. The van der Waals surface area contributed by atoms with E-state index in [1.165, 1.54) is 0 Å². The number of ketones is 1. The molecular formula is C20H16F2N4O3. The summed E-state index contributed by atoms with van der Waals surface area (Å²) in [7, 11) is 0. The fourth-order valence-corrected chi connectivity index (χ4v) is 3.10. The summed E-state index contributed by atoms with van der Waals surface area (Å²) in [6.45, 7) is 3.31. The Balaban J connectivity index is 1.70. The Kier molecular flexibility index (Phi) is 4.57. The highest BCUT2D eigenvalue weighted by atomic mass is 19.2. The molecule has 1 aliphatic rings. The number of halogens is 2. The molecule has 148 valence electrons. The largest absolute Gasteiger partial charge is 0.447 e. The van der Waals surface area contributed by atoms with Crippen LogP contribution in [0.5, 0.6) is 0 Å². The van der Waals surface area contributed by atoms with E-state index in [9.17, 15) is 18.4 Å². The highest BCUT2D eigenvalue weighted by Crippen LogP contribution is 2.25. The van der Waals surface area contributed by atoms with E-state index >= 15 is 0 Å². The van der Waals surface area contributed by atoms with Gasteiger partial charge in [-0.15, -0.1) is 0 Å². The highest BCUT2D eigenvalue weighted by Gasteiger charge is 2.24. The van der Waals surface area contributed by atoms with E-state index in [2.05, 4.69) is 20.3 Å². The first-order valence-electron chi connectivity index (χ1n) is 8.86. The van der Waals surface area contributed by atoms with Crippen LogP contribution in [0, 0.1) is 11.6 Å². The van der Waals surface area contributed by atoms with Crippen molar-refractivity contribution in [2.24, 2.45) is 4.99 Å². The number of H-pyrrole nitrogens is 1. The van der Waals surface area contributed by atoms with E-state index in [-0.39, 0.29) is 35.5 Å². The second kappa shape index (κ2) is 7.08. The number of amides is 1. The van der Waals surface area contributed by atoms with Crippen molar-refractivity contribution in [3.8, 4) is 0 Å². The summed E-state index contributed by atoms with van der Waals surface area (Å²) in [6, 6.07) is 6.99. The molecule has 1 amide bonds. The van der Waals surface area contributed by atoms with Gasteiger partial charge >= 0.3 is 6.09 Å². The first kappa shape index (κ1) is 18.7. The Labute approximate surface area is 163 Å². The van der Waals surface area contributed by atoms with Crippen molar-refractivity contribution in [2.75, 3.05) is 11.9 Å². The second-order valence-corrected chi connectivity index (χ2v) is 6.80. The standard InChI is InChI=1S/C20H16F2N4O3/c1-9(2)29-20(28)26-19-24-15-4-3-10(5-16(15)25-19)18-12-7-14(22)13(21)6-11(12)17(27)8-23-18/h3-7,9H,8H2,1-2H3,(H2,24,25,26,28). The molecule has 4 rings (SSSR count). The molecule has 0 saturated carbocycles. The van der Waals surface area contributed by atoms with Crippen LogP contribution in [0.15, 0.2) is 35.3 Å². The van der Waals surface area contributed by atoms with Crippen molar-refractivity contribution in [2.45, 2.75) is 20.0 Å². The number of carbonyl (C=O) groups excluding carboxylic acids is 2. The summed E-state index contributed by atoms with van der Waals surface area (Å²) >= 11 is 0. The minimum absolute atomic E-state index is 0.0948. The van der Waals surface area contributed by atoms with Crippen molar-refractivity contribution in [3.63, 3.8) is 0 Å². The molecular weight excluding hydrogens is 382 g/mol. The van der Waals surface area contributed by atoms with Gasteiger partial charge in [0.15, 0.2) is 17.4 Å². The van der Waals surface area contributed by atoms with Crippen LogP contribution in [0.2, 0.25) is 0 Å². The predicted octanol–water partition coefficient (Wildman–Crippen LogP) is 3.83. The third kappa shape index (κ3) is 3.58. The summed E-state index contributed by atoms with van der Waals surface area (Å²) in [5, 5.41) is 2.50. The number of aliphatic imine (C=N–C) groups is 1. The molecule has 0 saturated heterocycles. The molecule has 9 heteroatoms. The van der Waals surface area contributed by atoms with Gasteiger partial charge in [-0.2, -0.15) is 0 Å². The number of nitrogens with zero attached hydrogens (tertiary/aromatic N) is 2. The van der Waals surface area contributed by atoms with Crippen molar-refractivity contribution in [3.05, 3.63) is 58.7 Å². The van der Waals surface area contributed by atoms with E-state index in [1.807, 2.05) is 0 Å². The van der Waals surface area contributed by atoms with Crippen LogP contribution >= 0.6 is 0 Å². The minimum atomic E-state index is -1.08. The third-order valence-corrected chi connectivity index (χ3v) is 4.32. The molecule has 3 aromatic rings. The van der Waals surface area contributed by atoms with Crippen LogP contribution < -0.4 is 5.32 Å². The third-order valence-electron chi connectivity index (χ3n) is 4.32. The fourth-order valence-electron chi connectivity index (χ4n) is 3.10. The van der Waals surface area contributed by atoms with Crippen LogP contribution in [-0.4, -0.2) is 40.2 Å². The molecule has 0 spiro atoms. The van der Waals surface area contributed by atoms with Crippen molar-refractivity contribution in [1.29, 1.82) is 0 Å². The number of hydrogen-bond donors (Lipinski definition) is 2. The lowest BCUT2D eigenvalue weighted by molar-refractivity contribution is 0.0999. The Morgan fingerprint density at radius 3 is 2.62 bits per heavy atom. The van der Waals surface area contributed by atoms with E-state index < -0.39 is 17.7 Å². The zero-order valence-corrected chi connectivity index (χ0v) is 15.5. The lowest BCUT2D eigenvalue weighted by Crippen LogP contribution is -2.20. The monoisotopic (exact) mass is 398 g/mol. The fraction of sp³-hybridized carbons (Fsp3) is 0.200. The maximum absolute atomic E-state index is 13.8. The number of nitrogens with one attached hydrogen (secondary N) is 2. The van der Waals surface area contributed by atoms with Gasteiger partial charge in [0.2, 0.25) is 5.95 Å². The molecule has 1 aliphatic heterocycles. The van der Waals surface area contributed by atoms with Crippen LogP contribution in [0.3, 0.4) is 0 Å². The summed E-state index contributed by atoms with van der Waals surface area (Å²) in [5.74, 6) is -2.30. The van der Waals surface area contributed by atoms with Gasteiger partial charge in [0.05, 0.1) is 22.8 Å². The molecule has 0 fully saturated rings. The van der Waals surface area contributed by atoms with E-state index in [1.54, 1.807) is 32.0 Å². The normalized spacial score (nSPS) is 13.4. The molecule has 0 radical (unpaired) electrons. The van der Waals surface area contributed by atoms with Crippen LogP contribution in [-0.2, 0) is 4.74 Å². The van der Waals surface area contributed by atoms with E-state index in [4.69, 9.17) is 4.74 Å². The molecule has 1 aromatic heterocycles. The zero-order chi connectivity index (χ0) is 20.7. The average molecular weight is 398 g/mol. The van der Waals surface area contributed by atoms with Gasteiger partial charge in [-0.05, 0) is 38.1 Å². The average Bonchev–Trinajstić information content (AvgIpc) is 3.04.